The van der Waals surface area contributed by atoms with Crippen LogP contribution in [0.2, 0.25) is 0 Å². The highest BCUT2D eigenvalue weighted by molar-refractivity contribution is 8.00. The molecule has 0 radical (unpaired) electrons. The van der Waals surface area contributed by atoms with Gasteiger partial charge in [0, 0.05) is 35.5 Å². The number of nitro groups is 1. The predicted molar refractivity (Wildman–Crippen MR) is 128 cm³/mol. The van der Waals surface area contributed by atoms with Crippen LogP contribution in [0.3, 0.4) is 0 Å². The smallest absolute Gasteiger partial charge is 0.269 e. The Kier molecular flexibility index (Phi) is 6.78. The highest BCUT2D eigenvalue weighted by Crippen LogP contribution is 2.33. The van der Waals surface area contributed by atoms with E-state index in [4.69, 9.17) is 0 Å². The van der Waals surface area contributed by atoms with Crippen molar-refractivity contribution >= 4 is 23.4 Å². The summed E-state index contributed by atoms with van der Waals surface area (Å²) in [5.41, 5.74) is 1.59. The van der Waals surface area contributed by atoms with Crippen molar-refractivity contribution < 1.29 is 9.72 Å². The highest BCUT2D eigenvalue weighted by atomic mass is 32.2. The van der Waals surface area contributed by atoms with Crippen molar-refractivity contribution in [1.29, 1.82) is 0 Å². The number of hydrogen-bond acceptors (Lipinski definition) is 6. The minimum absolute atomic E-state index is 0.0168. The second-order valence-corrected chi connectivity index (χ2v) is 9.72. The molecule has 3 atom stereocenters. The summed E-state index contributed by atoms with van der Waals surface area (Å²) in [6, 6.07) is 16.4. The van der Waals surface area contributed by atoms with E-state index in [0.717, 1.165) is 24.9 Å². The number of nitro benzene ring substituents is 1. The van der Waals surface area contributed by atoms with E-state index in [1.54, 1.807) is 12.1 Å². The molecule has 0 N–H and O–H groups in total. The molecule has 1 saturated heterocycles. The first-order valence-electron chi connectivity index (χ1n) is 11.1. The van der Waals surface area contributed by atoms with Crippen LogP contribution in [0.4, 0.5) is 5.69 Å². The summed E-state index contributed by atoms with van der Waals surface area (Å²) >= 11 is 1.38. The van der Waals surface area contributed by atoms with Crippen molar-refractivity contribution in [2.24, 2.45) is 0 Å². The van der Waals surface area contributed by atoms with Crippen LogP contribution in [0, 0.1) is 10.1 Å². The van der Waals surface area contributed by atoms with Crippen LogP contribution in [0.5, 0.6) is 0 Å². The maximum Gasteiger partial charge on any atom is 0.269 e. The van der Waals surface area contributed by atoms with Crippen LogP contribution >= 0.6 is 11.8 Å². The molecular weight excluding hydrogens is 438 g/mol. The number of non-ortho nitro benzene ring substituents is 1. The average Bonchev–Trinajstić information content (AvgIpc) is 3.22. The van der Waals surface area contributed by atoms with E-state index in [-0.39, 0.29) is 28.9 Å². The van der Waals surface area contributed by atoms with Gasteiger partial charge < -0.3 is 4.90 Å². The Bertz CT molecular complexity index is 1120. The standard InChI is InChI=1S/C24H27N5O3S/c1-16-8-7-9-17(2)27(16)23(30)18(3)33-24-26-25-22(28(24)20-10-5-4-6-11-20)19-12-14-21(15-13-19)29(31)32/h4-6,10-18H,7-9H2,1-3H3. The Hall–Kier alpha value is -3.20. The van der Waals surface area contributed by atoms with E-state index in [2.05, 4.69) is 24.0 Å². The van der Waals surface area contributed by atoms with Crippen LogP contribution in [-0.2, 0) is 4.79 Å². The molecule has 1 amide bonds. The number of thioether (sulfide) groups is 1. The first-order chi connectivity index (χ1) is 15.9. The Morgan fingerprint density at radius 2 is 1.70 bits per heavy atom. The molecule has 3 aromatic rings. The SMILES string of the molecule is CC(Sc1nnc(-c2ccc([N+](=O)[O-])cc2)n1-c1ccccc1)C(=O)N1C(C)CCCC1C. The van der Waals surface area contributed by atoms with Crippen LogP contribution in [0.25, 0.3) is 17.1 Å². The minimum Gasteiger partial charge on any atom is -0.336 e. The number of benzene rings is 2. The second kappa shape index (κ2) is 9.74. The van der Waals surface area contributed by atoms with Gasteiger partial charge in [0.05, 0.1) is 10.2 Å². The molecule has 1 aliphatic rings. The summed E-state index contributed by atoms with van der Waals surface area (Å²) < 4.78 is 1.90. The Morgan fingerprint density at radius 3 is 2.30 bits per heavy atom. The molecule has 8 nitrogen and oxygen atoms in total. The minimum atomic E-state index is -0.428. The van der Waals surface area contributed by atoms with E-state index in [1.807, 2.05) is 46.7 Å². The average molecular weight is 466 g/mol. The van der Waals surface area contributed by atoms with E-state index in [0.29, 0.717) is 16.5 Å². The topological polar surface area (TPSA) is 94.2 Å². The summed E-state index contributed by atoms with van der Waals surface area (Å²) in [6.45, 7) is 6.14. The first-order valence-corrected chi connectivity index (χ1v) is 12.0. The Morgan fingerprint density at radius 1 is 1.06 bits per heavy atom. The van der Waals surface area contributed by atoms with Crippen LogP contribution in [0.1, 0.15) is 40.0 Å². The van der Waals surface area contributed by atoms with Gasteiger partial charge in [0.2, 0.25) is 5.91 Å². The fourth-order valence-corrected chi connectivity index (χ4v) is 5.27. The molecule has 2 heterocycles. The molecule has 33 heavy (non-hydrogen) atoms. The fourth-order valence-electron chi connectivity index (χ4n) is 4.35. The zero-order valence-electron chi connectivity index (χ0n) is 18.9. The fraction of sp³-hybridized carbons (Fsp3) is 0.375. The van der Waals surface area contributed by atoms with E-state index >= 15 is 0 Å². The quantitative estimate of drug-likeness (QED) is 0.285. The van der Waals surface area contributed by atoms with Crippen molar-refractivity contribution in [1.82, 2.24) is 19.7 Å². The molecule has 4 rings (SSSR count). The lowest BCUT2D eigenvalue weighted by molar-refractivity contribution is -0.384. The van der Waals surface area contributed by atoms with Crippen LogP contribution in [0.15, 0.2) is 59.8 Å². The van der Waals surface area contributed by atoms with Gasteiger partial charge in [0.15, 0.2) is 11.0 Å². The number of carbonyl (C=O) groups is 1. The normalized spacial score (nSPS) is 19.3. The molecule has 2 aromatic carbocycles. The zero-order chi connectivity index (χ0) is 23.5. The molecule has 9 heteroatoms. The molecular formula is C24H27N5O3S. The molecule has 1 aromatic heterocycles. The number of likely N-dealkylation sites (tertiary alicyclic amines) is 1. The maximum absolute atomic E-state index is 13.3. The Labute approximate surface area is 197 Å². The van der Waals surface area contributed by atoms with Crippen molar-refractivity contribution in [2.45, 2.75) is 62.5 Å². The summed E-state index contributed by atoms with van der Waals surface area (Å²) in [5, 5.41) is 20.1. The monoisotopic (exact) mass is 465 g/mol. The number of rotatable bonds is 6. The zero-order valence-corrected chi connectivity index (χ0v) is 19.7. The number of aromatic nitrogens is 3. The molecule has 0 spiro atoms. The third-order valence-corrected chi connectivity index (χ3v) is 7.09. The number of carbonyl (C=O) groups excluding carboxylic acids is 1. The number of nitrogens with zero attached hydrogens (tertiary/aromatic N) is 5. The van der Waals surface area contributed by atoms with Gasteiger partial charge in [-0.3, -0.25) is 19.5 Å². The molecule has 0 bridgehead atoms. The van der Waals surface area contributed by atoms with Crippen molar-refractivity contribution in [3.8, 4) is 17.1 Å². The lowest BCUT2D eigenvalue weighted by Gasteiger charge is -2.40. The lowest BCUT2D eigenvalue weighted by atomic mass is 9.97. The Balaban J connectivity index is 1.67. The third-order valence-electron chi connectivity index (χ3n) is 6.06. The summed E-state index contributed by atoms with van der Waals surface area (Å²) in [5.74, 6) is 0.678. The van der Waals surface area contributed by atoms with Crippen molar-refractivity contribution in [3.05, 3.63) is 64.7 Å². The van der Waals surface area contributed by atoms with Gasteiger partial charge in [0.1, 0.15) is 0 Å². The second-order valence-electron chi connectivity index (χ2n) is 8.42. The van der Waals surface area contributed by atoms with Crippen molar-refractivity contribution in [3.63, 3.8) is 0 Å². The van der Waals surface area contributed by atoms with Crippen LogP contribution in [-0.4, -0.2) is 47.8 Å². The van der Waals surface area contributed by atoms with Gasteiger partial charge in [0.25, 0.3) is 5.69 Å². The number of para-hydroxylation sites is 1. The number of amides is 1. The highest BCUT2D eigenvalue weighted by Gasteiger charge is 2.33. The van der Waals surface area contributed by atoms with E-state index in [1.165, 1.54) is 23.9 Å². The van der Waals surface area contributed by atoms with Crippen molar-refractivity contribution in [2.75, 3.05) is 0 Å². The number of hydrogen-bond donors (Lipinski definition) is 0. The summed E-state index contributed by atoms with van der Waals surface area (Å²) in [4.78, 5) is 26.0. The molecule has 1 fully saturated rings. The van der Waals surface area contributed by atoms with E-state index < -0.39 is 4.92 Å². The summed E-state index contributed by atoms with van der Waals surface area (Å²) in [7, 11) is 0. The third kappa shape index (κ3) is 4.78. The molecule has 0 aliphatic carbocycles. The number of piperidine rings is 1. The predicted octanol–water partition coefficient (Wildman–Crippen LogP) is 5.11. The maximum atomic E-state index is 13.3. The van der Waals surface area contributed by atoms with Gasteiger partial charge in [-0.25, -0.2) is 0 Å². The molecule has 3 unspecified atom stereocenters. The van der Waals surface area contributed by atoms with Gasteiger partial charge in [-0.05, 0) is 64.3 Å². The van der Waals surface area contributed by atoms with Gasteiger partial charge in [-0.1, -0.05) is 30.0 Å². The largest absolute Gasteiger partial charge is 0.336 e. The van der Waals surface area contributed by atoms with E-state index in [9.17, 15) is 14.9 Å². The van der Waals surface area contributed by atoms with Gasteiger partial charge >= 0.3 is 0 Å². The molecule has 172 valence electrons. The first kappa shape index (κ1) is 23.0. The molecule has 1 aliphatic heterocycles. The molecule has 0 saturated carbocycles. The lowest BCUT2D eigenvalue weighted by Crippen LogP contribution is -2.50. The van der Waals surface area contributed by atoms with Gasteiger partial charge in [-0.15, -0.1) is 10.2 Å². The van der Waals surface area contributed by atoms with Gasteiger partial charge in [-0.2, -0.15) is 0 Å². The van der Waals surface area contributed by atoms with Crippen LogP contribution < -0.4 is 0 Å². The summed E-state index contributed by atoms with van der Waals surface area (Å²) in [6.07, 6.45) is 3.20.